The Bertz CT molecular complexity index is 953. The second-order valence-corrected chi connectivity index (χ2v) is 5.92. The Morgan fingerprint density at radius 1 is 1.12 bits per heavy atom. The van der Waals surface area contributed by atoms with Gasteiger partial charge in [0.05, 0.1) is 13.2 Å². The maximum absolute atomic E-state index is 9.32. The van der Waals surface area contributed by atoms with Crippen LogP contribution in [0.25, 0.3) is 22.3 Å². The lowest BCUT2D eigenvalue weighted by Gasteiger charge is -2.04. The van der Waals surface area contributed by atoms with Gasteiger partial charge in [-0.2, -0.15) is 10.2 Å². The molecule has 3 aromatic heterocycles. The van der Waals surface area contributed by atoms with Gasteiger partial charge in [0.1, 0.15) is 5.82 Å². The van der Waals surface area contributed by atoms with Crippen molar-refractivity contribution in [2.75, 3.05) is 6.61 Å². The molecular formula is C18H20N6O. The second-order valence-electron chi connectivity index (χ2n) is 5.92. The van der Waals surface area contributed by atoms with Gasteiger partial charge in [0.2, 0.25) is 0 Å². The van der Waals surface area contributed by atoms with Crippen LogP contribution in [0, 0.1) is 0 Å². The SMILES string of the molecule is OCCn1nc(-c2c[nH]c3ccccc23)nc1CCCn1cccn1. The van der Waals surface area contributed by atoms with Crippen molar-refractivity contribution in [1.82, 2.24) is 29.5 Å². The van der Waals surface area contributed by atoms with Crippen molar-refractivity contribution in [2.24, 2.45) is 0 Å². The molecule has 0 bridgehead atoms. The molecule has 0 unspecified atom stereocenters. The summed E-state index contributed by atoms with van der Waals surface area (Å²) in [6.45, 7) is 1.33. The number of aryl methyl sites for hydroxylation is 2. The molecule has 0 spiro atoms. The van der Waals surface area contributed by atoms with Crippen LogP contribution in [-0.4, -0.2) is 41.2 Å². The zero-order valence-corrected chi connectivity index (χ0v) is 13.8. The van der Waals surface area contributed by atoms with Crippen LogP contribution < -0.4 is 0 Å². The number of H-pyrrole nitrogens is 1. The fourth-order valence-corrected chi connectivity index (χ4v) is 3.04. The van der Waals surface area contributed by atoms with E-state index in [-0.39, 0.29) is 6.61 Å². The van der Waals surface area contributed by atoms with Gasteiger partial charge in [0.25, 0.3) is 0 Å². The Labute approximate surface area is 144 Å². The van der Waals surface area contributed by atoms with E-state index in [1.165, 1.54) is 0 Å². The van der Waals surface area contributed by atoms with E-state index >= 15 is 0 Å². The Balaban J connectivity index is 1.58. The van der Waals surface area contributed by atoms with Crippen molar-refractivity contribution in [3.63, 3.8) is 0 Å². The number of aromatic nitrogens is 6. The van der Waals surface area contributed by atoms with E-state index in [4.69, 9.17) is 4.98 Å². The molecular weight excluding hydrogens is 316 g/mol. The molecule has 0 radical (unpaired) electrons. The van der Waals surface area contributed by atoms with Crippen LogP contribution in [0.1, 0.15) is 12.2 Å². The summed E-state index contributed by atoms with van der Waals surface area (Å²) >= 11 is 0. The van der Waals surface area contributed by atoms with Gasteiger partial charge in [-0.25, -0.2) is 9.67 Å². The third kappa shape index (κ3) is 3.18. The van der Waals surface area contributed by atoms with E-state index in [9.17, 15) is 5.11 Å². The zero-order chi connectivity index (χ0) is 17.1. The number of hydrogen-bond donors (Lipinski definition) is 2. The number of rotatable bonds is 7. The molecule has 0 saturated heterocycles. The Kier molecular flexibility index (Phi) is 4.30. The molecule has 0 aliphatic heterocycles. The van der Waals surface area contributed by atoms with Crippen LogP contribution in [-0.2, 0) is 19.5 Å². The first kappa shape index (κ1) is 15.6. The number of fused-ring (bicyclic) bond motifs is 1. The van der Waals surface area contributed by atoms with Gasteiger partial charge in [0, 0.05) is 48.0 Å². The van der Waals surface area contributed by atoms with Gasteiger partial charge < -0.3 is 10.1 Å². The fourth-order valence-electron chi connectivity index (χ4n) is 3.04. The maximum atomic E-state index is 9.32. The monoisotopic (exact) mass is 336 g/mol. The standard InChI is InChI=1S/C18H20N6O/c25-12-11-24-17(7-3-9-23-10-4-8-20-23)21-18(22-24)15-13-19-16-6-2-1-5-14(15)16/h1-2,4-6,8,10,13,19,25H,3,7,9,11-12H2. The van der Waals surface area contributed by atoms with E-state index in [1.807, 2.05) is 41.3 Å². The van der Waals surface area contributed by atoms with E-state index in [0.717, 1.165) is 41.7 Å². The summed E-state index contributed by atoms with van der Waals surface area (Å²) < 4.78 is 3.72. The van der Waals surface area contributed by atoms with Crippen molar-refractivity contribution >= 4 is 10.9 Å². The van der Waals surface area contributed by atoms with Crippen molar-refractivity contribution in [2.45, 2.75) is 25.9 Å². The van der Waals surface area contributed by atoms with Crippen LogP contribution >= 0.6 is 0 Å². The molecule has 2 N–H and O–H groups in total. The summed E-state index contributed by atoms with van der Waals surface area (Å²) in [6.07, 6.45) is 7.38. The van der Waals surface area contributed by atoms with Gasteiger partial charge in [0.15, 0.2) is 5.82 Å². The molecule has 25 heavy (non-hydrogen) atoms. The first-order valence-electron chi connectivity index (χ1n) is 8.43. The van der Waals surface area contributed by atoms with Crippen LogP contribution in [0.2, 0.25) is 0 Å². The lowest BCUT2D eigenvalue weighted by atomic mass is 10.2. The molecule has 0 aliphatic rings. The summed E-state index contributed by atoms with van der Waals surface area (Å²) in [4.78, 5) is 7.99. The van der Waals surface area contributed by atoms with Crippen molar-refractivity contribution in [3.8, 4) is 11.4 Å². The number of nitrogens with zero attached hydrogens (tertiary/aromatic N) is 5. The van der Waals surface area contributed by atoms with E-state index in [2.05, 4.69) is 21.2 Å². The van der Waals surface area contributed by atoms with Gasteiger partial charge in [-0.1, -0.05) is 18.2 Å². The summed E-state index contributed by atoms with van der Waals surface area (Å²) in [7, 11) is 0. The predicted molar refractivity (Wildman–Crippen MR) is 94.9 cm³/mol. The normalized spacial score (nSPS) is 11.4. The van der Waals surface area contributed by atoms with Crippen molar-refractivity contribution < 1.29 is 5.11 Å². The number of benzene rings is 1. The fraction of sp³-hybridized carbons (Fsp3) is 0.278. The molecule has 0 saturated carbocycles. The maximum Gasteiger partial charge on any atom is 0.183 e. The third-order valence-corrected chi connectivity index (χ3v) is 4.24. The smallest absolute Gasteiger partial charge is 0.183 e. The molecule has 3 heterocycles. The first-order chi connectivity index (χ1) is 12.3. The highest BCUT2D eigenvalue weighted by Gasteiger charge is 2.14. The molecule has 0 fully saturated rings. The number of nitrogens with one attached hydrogen (secondary N) is 1. The molecule has 0 atom stereocenters. The van der Waals surface area contributed by atoms with Gasteiger partial charge in [-0.3, -0.25) is 4.68 Å². The highest BCUT2D eigenvalue weighted by atomic mass is 16.3. The van der Waals surface area contributed by atoms with Gasteiger partial charge >= 0.3 is 0 Å². The van der Waals surface area contributed by atoms with Crippen LogP contribution in [0.4, 0.5) is 0 Å². The number of para-hydroxylation sites is 1. The lowest BCUT2D eigenvalue weighted by Crippen LogP contribution is -2.10. The minimum absolute atomic E-state index is 0.0445. The third-order valence-electron chi connectivity index (χ3n) is 4.24. The average molecular weight is 336 g/mol. The first-order valence-corrected chi connectivity index (χ1v) is 8.43. The summed E-state index contributed by atoms with van der Waals surface area (Å²) in [5.74, 6) is 1.58. The van der Waals surface area contributed by atoms with Crippen molar-refractivity contribution in [3.05, 3.63) is 54.7 Å². The molecule has 7 nitrogen and oxygen atoms in total. The molecule has 4 aromatic rings. The molecule has 4 rings (SSSR count). The molecule has 7 heteroatoms. The summed E-state index contributed by atoms with van der Waals surface area (Å²) in [5, 5.41) is 19.3. The number of hydrogen-bond acceptors (Lipinski definition) is 4. The predicted octanol–water partition coefficient (Wildman–Crippen LogP) is 2.25. The summed E-state index contributed by atoms with van der Waals surface area (Å²) in [6, 6.07) is 10.0. The molecule has 1 aromatic carbocycles. The Morgan fingerprint density at radius 3 is 2.88 bits per heavy atom. The number of aliphatic hydroxyl groups is 1. The molecule has 128 valence electrons. The lowest BCUT2D eigenvalue weighted by molar-refractivity contribution is 0.266. The van der Waals surface area contributed by atoms with Gasteiger partial charge in [-0.15, -0.1) is 0 Å². The minimum Gasteiger partial charge on any atom is -0.394 e. The summed E-state index contributed by atoms with van der Waals surface area (Å²) in [5.41, 5.74) is 2.05. The quantitative estimate of drug-likeness (QED) is 0.542. The number of aliphatic hydroxyl groups excluding tert-OH is 1. The van der Waals surface area contributed by atoms with E-state index in [0.29, 0.717) is 12.4 Å². The molecule has 0 aliphatic carbocycles. The van der Waals surface area contributed by atoms with Crippen LogP contribution in [0.3, 0.4) is 0 Å². The minimum atomic E-state index is 0.0445. The topological polar surface area (TPSA) is 84.5 Å². The van der Waals surface area contributed by atoms with Crippen LogP contribution in [0.15, 0.2) is 48.9 Å². The largest absolute Gasteiger partial charge is 0.394 e. The average Bonchev–Trinajstić information content (AvgIpc) is 3.35. The van der Waals surface area contributed by atoms with Crippen LogP contribution in [0.5, 0.6) is 0 Å². The zero-order valence-electron chi connectivity index (χ0n) is 13.8. The number of aromatic amines is 1. The molecule has 0 amide bonds. The second kappa shape index (κ2) is 6.90. The Hall–Kier alpha value is -2.93. The van der Waals surface area contributed by atoms with Crippen molar-refractivity contribution in [1.29, 1.82) is 0 Å². The highest BCUT2D eigenvalue weighted by Crippen LogP contribution is 2.26. The van der Waals surface area contributed by atoms with E-state index in [1.54, 1.807) is 10.9 Å². The van der Waals surface area contributed by atoms with Gasteiger partial charge in [-0.05, 0) is 18.6 Å². The Morgan fingerprint density at radius 2 is 2.04 bits per heavy atom. The van der Waals surface area contributed by atoms with E-state index < -0.39 is 0 Å². The highest BCUT2D eigenvalue weighted by molar-refractivity contribution is 5.93.